The SMILES string of the molecule is COc1ccc(OC)c(NC(=O)C[n+]2cccc(C(C)=O)c2)c1. The van der Waals surface area contributed by atoms with Crippen molar-refractivity contribution < 1.29 is 23.6 Å². The Morgan fingerprint density at radius 1 is 1.17 bits per heavy atom. The summed E-state index contributed by atoms with van der Waals surface area (Å²) < 4.78 is 12.0. The summed E-state index contributed by atoms with van der Waals surface area (Å²) in [5.74, 6) is 0.880. The Balaban J connectivity index is 2.13. The van der Waals surface area contributed by atoms with E-state index in [-0.39, 0.29) is 18.2 Å². The second-order valence-electron chi connectivity index (χ2n) is 4.94. The van der Waals surface area contributed by atoms with Gasteiger partial charge >= 0.3 is 0 Å². The molecule has 1 heterocycles. The highest BCUT2D eigenvalue weighted by molar-refractivity contribution is 5.93. The van der Waals surface area contributed by atoms with Crippen LogP contribution in [0.1, 0.15) is 17.3 Å². The number of hydrogen-bond acceptors (Lipinski definition) is 4. The van der Waals surface area contributed by atoms with Gasteiger partial charge in [-0.1, -0.05) is 0 Å². The summed E-state index contributed by atoms with van der Waals surface area (Å²) in [7, 11) is 3.08. The van der Waals surface area contributed by atoms with Crippen LogP contribution in [0.4, 0.5) is 5.69 Å². The van der Waals surface area contributed by atoms with Gasteiger partial charge in [-0.3, -0.25) is 9.59 Å². The number of amides is 1. The van der Waals surface area contributed by atoms with Crippen LogP contribution >= 0.6 is 0 Å². The number of nitrogens with one attached hydrogen (secondary N) is 1. The lowest BCUT2D eigenvalue weighted by atomic mass is 10.2. The monoisotopic (exact) mass is 315 g/mol. The molecule has 6 heteroatoms. The quantitative estimate of drug-likeness (QED) is 0.652. The van der Waals surface area contributed by atoms with E-state index >= 15 is 0 Å². The number of benzene rings is 1. The fourth-order valence-corrected chi connectivity index (χ4v) is 2.10. The van der Waals surface area contributed by atoms with Crippen molar-refractivity contribution in [1.82, 2.24) is 0 Å². The van der Waals surface area contributed by atoms with E-state index < -0.39 is 0 Å². The van der Waals surface area contributed by atoms with E-state index in [1.807, 2.05) is 0 Å². The van der Waals surface area contributed by atoms with Gasteiger partial charge in [0.2, 0.25) is 6.54 Å². The van der Waals surface area contributed by atoms with Crippen molar-refractivity contribution in [3.05, 3.63) is 48.3 Å². The van der Waals surface area contributed by atoms with Crippen molar-refractivity contribution in [3.63, 3.8) is 0 Å². The van der Waals surface area contributed by atoms with Crippen LogP contribution in [0.2, 0.25) is 0 Å². The topological polar surface area (TPSA) is 68.5 Å². The fraction of sp³-hybridized carbons (Fsp3) is 0.235. The highest BCUT2D eigenvalue weighted by Gasteiger charge is 2.14. The molecule has 0 radical (unpaired) electrons. The highest BCUT2D eigenvalue weighted by atomic mass is 16.5. The first-order chi connectivity index (χ1) is 11.0. The van der Waals surface area contributed by atoms with Gasteiger partial charge in [0.25, 0.3) is 5.91 Å². The maximum absolute atomic E-state index is 12.2. The third kappa shape index (κ3) is 4.29. The maximum Gasteiger partial charge on any atom is 0.290 e. The molecule has 1 N–H and O–H groups in total. The number of carbonyl (C=O) groups is 2. The third-order valence-electron chi connectivity index (χ3n) is 3.27. The predicted octanol–water partition coefficient (Wildman–Crippen LogP) is 1.83. The molecule has 0 aliphatic carbocycles. The van der Waals surface area contributed by atoms with E-state index in [9.17, 15) is 9.59 Å². The molecule has 0 saturated carbocycles. The first-order valence-electron chi connectivity index (χ1n) is 7.05. The van der Waals surface area contributed by atoms with Crippen molar-refractivity contribution >= 4 is 17.4 Å². The molecule has 0 spiro atoms. The normalized spacial score (nSPS) is 10.0. The van der Waals surface area contributed by atoms with Crippen molar-refractivity contribution in [2.45, 2.75) is 13.5 Å². The van der Waals surface area contributed by atoms with E-state index in [2.05, 4.69) is 5.32 Å². The summed E-state index contributed by atoms with van der Waals surface area (Å²) in [6.07, 6.45) is 3.37. The number of ether oxygens (including phenoxy) is 2. The van der Waals surface area contributed by atoms with Crippen LogP contribution in [0.3, 0.4) is 0 Å². The lowest BCUT2D eigenvalue weighted by Gasteiger charge is -2.10. The zero-order valence-electron chi connectivity index (χ0n) is 13.3. The summed E-state index contributed by atoms with van der Waals surface area (Å²) in [6.45, 7) is 1.57. The molecule has 0 atom stereocenters. The molecule has 0 unspecified atom stereocenters. The number of pyridine rings is 1. The number of anilines is 1. The number of Topliss-reactive ketones (excluding diaryl/α,β-unsaturated/α-hetero) is 1. The molecule has 23 heavy (non-hydrogen) atoms. The predicted molar refractivity (Wildman–Crippen MR) is 84.8 cm³/mol. The molecule has 0 aliphatic heterocycles. The van der Waals surface area contributed by atoms with Gasteiger partial charge in [-0.15, -0.1) is 0 Å². The van der Waals surface area contributed by atoms with Crippen LogP contribution in [0.5, 0.6) is 11.5 Å². The minimum atomic E-state index is -0.234. The zero-order chi connectivity index (χ0) is 16.8. The second-order valence-corrected chi connectivity index (χ2v) is 4.94. The minimum Gasteiger partial charge on any atom is -0.497 e. The van der Waals surface area contributed by atoms with Crippen LogP contribution in [-0.4, -0.2) is 25.9 Å². The van der Waals surface area contributed by atoms with E-state index in [4.69, 9.17) is 9.47 Å². The van der Waals surface area contributed by atoms with Gasteiger partial charge in [-0.05, 0) is 25.1 Å². The number of nitrogens with zero attached hydrogens (tertiary/aromatic N) is 1. The number of rotatable bonds is 6. The molecule has 6 nitrogen and oxygen atoms in total. The first kappa shape index (κ1) is 16.5. The van der Waals surface area contributed by atoms with Crippen LogP contribution in [-0.2, 0) is 11.3 Å². The summed E-state index contributed by atoms with van der Waals surface area (Å²) in [6, 6.07) is 8.60. The van der Waals surface area contributed by atoms with E-state index in [1.165, 1.54) is 14.0 Å². The maximum atomic E-state index is 12.2. The molecule has 0 fully saturated rings. The van der Waals surface area contributed by atoms with Gasteiger partial charge in [0.1, 0.15) is 11.5 Å². The molecule has 0 bridgehead atoms. The fourth-order valence-electron chi connectivity index (χ4n) is 2.10. The van der Waals surface area contributed by atoms with Crippen LogP contribution < -0.4 is 19.4 Å². The van der Waals surface area contributed by atoms with E-state index in [0.717, 1.165) is 0 Å². The summed E-state index contributed by atoms with van der Waals surface area (Å²) in [5, 5.41) is 2.78. The van der Waals surface area contributed by atoms with Gasteiger partial charge < -0.3 is 14.8 Å². The van der Waals surface area contributed by atoms with E-state index in [1.54, 1.807) is 54.4 Å². The van der Waals surface area contributed by atoms with Gasteiger partial charge in [0, 0.05) is 12.1 Å². The first-order valence-corrected chi connectivity index (χ1v) is 7.05. The Kier molecular flexibility index (Phi) is 5.30. The number of ketones is 1. The number of aromatic nitrogens is 1. The molecule has 2 aromatic rings. The highest BCUT2D eigenvalue weighted by Crippen LogP contribution is 2.28. The van der Waals surface area contributed by atoms with Crippen LogP contribution in [0, 0.1) is 0 Å². The third-order valence-corrected chi connectivity index (χ3v) is 3.27. The van der Waals surface area contributed by atoms with Crippen LogP contribution in [0.15, 0.2) is 42.7 Å². The smallest absolute Gasteiger partial charge is 0.290 e. The second kappa shape index (κ2) is 7.40. The Morgan fingerprint density at radius 3 is 2.61 bits per heavy atom. The molecule has 2 rings (SSSR count). The minimum absolute atomic E-state index is 0.0470. The Bertz CT molecular complexity index is 728. The molecule has 1 amide bonds. The number of carbonyl (C=O) groups excluding carboxylic acids is 2. The summed E-state index contributed by atoms with van der Waals surface area (Å²) >= 11 is 0. The molecular formula is C17H19N2O4+. The lowest BCUT2D eigenvalue weighted by Crippen LogP contribution is -2.40. The average Bonchev–Trinajstić information content (AvgIpc) is 2.54. The Morgan fingerprint density at radius 2 is 1.96 bits per heavy atom. The molecular weight excluding hydrogens is 296 g/mol. The standard InChI is InChI=1S/C17H18N2O4/c1-12(20)13-5-4-8-19(10-13)11-17(21)18-15-9-14(22-2)6-7-16(15)23-3/h4-10H,11H2,1-3H3/p+1. The van der Waals surface area contributed by atoms with Crippen molar-refractivity contribution in [1.29, 1.82) is 0 Å². The van der Waals surface area contributed by atoms with Gasteiger partial charge in [0.15, 0.2) is 18.2 Å². The zero-order valence-corrected chi connectivity index (χ0v) is 13.3. The number of methoxy groups -OCH3 is 2. The largest absolute Gasteiger partial charge is 0.497 e. The van der Waals surface area contributed by atoms with Gasteiger partial charge in [-0.2, -0.15) is 4.57 Å². The van der Waals surface area contributed by atoms with Crippen molar-refractivity contribution in [2.24, 2.45) is 0 Å². The Hall–Kier alpha value is -2.89. The summed E-state index contributed by atoms with van der Waals surface area (Å²) in [4.78, 5) is 23.6. The average molecular weight is 315 g/mol. The molecule has 120 valence electrons. The van der Waals surface area contributed by atoms with E-state index in [0.29, 0.717) is 22.7 Å². The summed E-state index contributed by atoms with van der Waals surface area (Å²) in [5.41, 5.74) is 1.08. The van der Waals surface area contributed by atoms with Crippen LogP contribution in [0.25, 0.3) is 0 Å². The lowest BCUT2D eigenvalue weighted by molar-refractivity contribution is -0.684. The van der Waals surface area contributed by atoms with Crippen molar-refractivity contribution in [2.75, 3.05) is 19.5 Å². The molecule has 1 aromatic carbocycles. The number of hydrogen-bond donors (Lipinski definition) is 1. The molecule has 0 saturated heterocycles. The van der Waals surface area contributed by atoms with Crippen molar-refractivity contribution in [3.8, 4) is 11.5 Å². The molecule has 1 aromatic heterocycles. The molecule has 0 aliphatic rings. The Labute approximate surface area is 134 Å². The van der Waals surface area contributed by atoms with Gasteiger partial charge in [0.05, 0.1) is 25.5 Å². The van der Waals surface area contributed by atoms with Gasteiger partial charge in [-0.25, -0.2) is 0 Å².